The van der Waals surface area contributed by atoms with E-state index in [2.05, 4.69) is 13.8 Å². The summed E-state index contributed by atoms with van der Waals surface area (Å²) in [6.07, 6.45) is 4.54. The van der Waals surface area contributed by atoms with Crippen LogP contribution in [0.15, 0.2) is 12.1 Å². The molecule has 106 valence electrons. The summed E-state index contributed by atoms with van der Waals surface area (Å²) in [6.45, 7) is 4.17. The van der Waals surface area contributed by atoms with Gasteiger partial charge in [-0.25, -0.2) is 0 Å². The van der Waals surface area contributed by atoms with Crippen molar-refractivity contribution in [2.45, 2.75) is 46.0 Å². The van der Waals surface area contributed by atoms with E-state index in [9.17, 15) is 20.1 Å². The van der Waals surface area contributed by atoms with Gasteiger partial charge < -0.3 is 15.3 Å². The highest BCUT2D eigenvalue weighted by molar-refractivity contribution is 5.97. The molecule has 3 N–H and O–H groups in total. The monoisotopic (exact) mass is 266 g/mol. The Labute approximate surface area is 113 Å². The van der Waals surface area contributed by atoms with Crippen LogP contribution in [0.5, 0.6) is 17.2 Å². The molecule has 1 rings (SSSR count). The molecule has 1 unspecified atom stereocenters. The van der Waals surface area contributed by atoms with Crippen LogP contribution in [0.3, 0.4) is 0 Å². The molecule has 0 radical (unpaired) electrons. The maximum absolute atomic E-state index is 12.1. The lowest BCUT2D eigenvalue weighted by atomic mass is 9.91. The lowest BCUT2D eigenvalue weighted by Gasteiger charge is -2.13. The van der Waals surface area contributed by atoms with Gasteiger partial charge >= 0.3 is 0 Å². The van der Waals surface area contributed by atoms with E-state index in [-0.39, 0.29) is 11.3 Å². The molecule has 1 aromatic rings. The Morgan fingerprint density at radius 1 is 1.16 bits per heavy atom. The van der Waals surface area contributed by atoms with Crippen LogP contribution in [0.1, 0.15) is 56.3 Å². The molecular formula is C15H22O4. The van der Waals surface area contributed by atoms with E-state index in [1.807, 2.05) is 0 Å². The molecule has 1 aromatic carbocycles. The van der Waals surface area contributed by atoms with Gasteiger partial charge in [0.05, 0.1) is 0 Å². The quantitative estimate of drug-likeness (QED) is 0.520. The van der Waals surface area contributed by atoms with Gasteiger partial charge in [-0.3, -0.25) is 4.79 Å². The normalized spacial score (nSPS) is 12.3. The Kier molecular flexibility index (Phi) is 5.67. The average Bonchev–Trinajstić information content (AvgIpc) is 2.39. The Balaban J connectivity index is 2.77. The number of hydrogen-bond acceptors (Lipinski definition) is 4. The van der Waals surface area contributed by atoms with Crippen LogP contribution in [0, 0.1) is 5.92 Å². The van der Waals surface area contributed by atoms with Gasteiger partial charge in [-0.05, 0) is 18.1 Å². The number of phenolic OH excluding ortho intramolecular Hbond substituents is 3. The summed E-state index contributed by atoms with van der Waals surface area (Å²) < 4.78 is 0. The highest BCUT2D eigenvalue weighted by Crippen LogP contribution is 2.36. The number of Topliss-reactive ketones (excluding diaryl/α,β-unsaturated/α-hetero) is 1. The Morgan fingerprint density at radius 2 is 1.74 bits per heavy atom. The first-order valence-electron chi connectivity index (χ1n) is 6.77. The molecule has 0 bridgehead atoms. The summed E-state index contributed by atoms with van der Waals surface area (Å²) in [4.78, 5) is 12.1. The minimum Gasteiger partial charge on any atom is -0.504 e. The van der Waals surface area contributed by atoms with E-state index in [0.29, 0.717) is 12.3 Å². The second-order valence-corrected chi connectivity index (χ2v) is 4.91. The van der Waals surface area contributed by atoms with E-state index in [1.54, 1.807) is 0 Å². The Hall–Kier alpha value is -1.71. The molecule has 0 fully saturated rings. The van der Waals surface area contributed by atoms with E-state index in [1.165, 1.54) is 12.1 Å². The van der Waals surface area contributed by atoms with Crippen LogP contribution >= 0.6 is 0 Å². The SMILES string of the molecule is CCCCC(CC)CC(=O)c1cc(O)c(O)c(O)c1. The highest BCUT2D eigenvalue weighted by atomic mass is 16.3. The number of carbonyl (C=O) groups excluding carboxylic acids is 1. The molecular weight excluding hydrogens is 244 g/mol. The highest BCUT2D eigenvalue weighted by Gasteiger charge is 2.17. The topological polar surface area (TPSA) is 77.8 Å². The van der Waals surface area contributed by atoms with Gasteiger partial charge in [0.25, 0.3) is 0 Å². The van der Waals surface area contributed by atoms with Crippen molar-refractivity contribution < 1.29 is 20.1 Å². The molecule has 0 saturated carbocycles. The smallest absolute Gasteiger partial charge is 0.200 e. The molecule has 4 nitrogen and oxygen atoms in total. The summed E-state index contributed by atoms with van der Waals surface area (Å²) >= 11 is 0. The fourth-order valence-electron chi connectivity index (χ4n) is 2.09. The third kappa shape index (κ3) is 4.16. The van der Waals surface area contributed by atoms with E-state index in [0.717, 1.165) is 25.7 Å². The lowest BCUT2D eigenvalue weighted by molar-refractivity contribution is 0.0956. The molecule has 1 atom stereocenters. The number of benzene rings is 1. The fourth-order valence-corrected chi connectivity index (χ4v) is 2.09. The predicted molar refractivity (Wildman–Crippen MR) is 73.7 cm³/mol. The molecule has 0 spiro atoms. The van der Waals surface area contributed by atoms with E-state index >= 15 is 0 Å². The largest absolute Gasteiger partial charge is 0.504 e. The zero-order valence-corrected chi connectivity index (χ0v) is 11.5. The fraction of sp³-hybridized carbons (Fsp3) is 0.533. The van der Waals surface area contributed by atoms with Gasteiger partial charge in [-0.2, -0.15) is 0 Å². The van der Waals surface area contributed by atoms with Crippen molar-refractivity contribution in [3.63, 3.8) is 0 Å². The van der Waals surface area contributed by atoms with Crippen LogP contribution in [-0.4, -0.2) is 21.1 Å². The van der Waals surface area contributed by atoms with Gasteiger partial charge in [-0.15, -0.1) is 0 Å². The van der Waals surface area contributed by atoms with Gasteiger partial charge in [-0.1, -0.05) is 39.5 Å². The standard InChI is InChI=1S/C15H22O4/c1-3-5-6-10(4-2)7-12(16)11-8-13(17)15(19)14(18)9-11/h8-10,17-19H,3-7H2,1-2H3. The van der Waals surface area contributed by atoms with Crippen LogP contribution < -0.4 is 0 Å². The van der Waals surface area contributed by atoms with Gasteiger partial charge in [0.2, 0.25) is 0 Å². The van der Waals surface area contributed by atoms with Crippen molar-refractivity contribution in [2.24, 2.45) is 5.92 Å². The van der Waals surface area contributed by atoms with Crippen molar-refractivity contribution in [3.8, 4) is 17.2 Å². The first-order chi connectivity index (χ1) is 8.99. The van der Waals surface area contributed by atoms with Crippen molar-refractivity contribution in [3.05, 3.63) is 17.7 Å². The van der Waals surface area contributed by atoms with Crippen LogP contribution in [0.4, 0.5) is 0 Å². The third-order valence-electron chi connectivity index (χ3n) is 3.41. The Morgan fingerprint density at radius 3 is 2.21 bits per heavy atom. The van der Waals surface area contributed by atoms with Gasteiger partial charge in [0.15, 0.2) is 23.0 Å². The molecule has 0 heterocycles. The molecule has 0 aliphatic rings. The third-order valence-corrected chi connectivity index (χ3v) is 3.41. The van der Waals surface area contributed by atoms with Crippen molar-refractivity contribution >= 4 is 5.78 Å². The number of unbranched alkanes of at least 4 members (excludes halogenated alkanes) is 1. The maximum atomic E-state index is 12.1. The lowest BCUT2D eigenvalue weighted by Crippen LogP contribution is -2.08. The number of hydrogen-bond donors (Lipinski definition) is 3. The summed E-state index contributed by atoms with van der Waals surface area (Å²) in [6, 6.07) is 2.40. The summed E-state index contributed by atoms with van der Waals surface area (Å²) in [5, 5.41) is 28.0. The van der Waals surface area contributed by atoms with Crippen LogP contribution in [0.2, 0.25) is 0 Å². The average molecular weight is 266 g/mol. The maximum Gasteiger partial charge on any atom is 0.200 e. The van der Waals surface area contributed by atoms with Crippen LogP contribution in [-0.2, 0) is 0 Å². The predicted octanol–water partition coefficient (Wildman–Crippen LogP) is 3.59. The Bertz CT molecular complexity index is 417. The summed E-state index contributed by atoms with van der Waals surface area (Å²) in [7, 11) is 0. The number of carbonyl (C=O) groups is 1. The van der Waals surface area contributed by atoms with E-state index < -0.39 is 17.2 Å². The summed E-state index contributed by atoms with van der Waals surface area (Å²) in [5.41, 5.74) is 0.239. The first-order valence-corrected chi connectivity index (χ1v) is 6.77. The number of aromatic hydroxyl groups is 3. The van der Waals surface area contributed by atoms with Crippen molar-refractivity contribution in [1.82, 2.24) is 0 Å². The minimum atomic E-state index is -0.588. The molecule has 4 heteroatoms. The van der Waals surface area contributed by atoms with Crippen molar-refractivity contribution in [1.29, 1.82) is 0 Å². The molecule has 0 saturated heterocycles. The second-order valence-electron chi connectivity index (χ2n) is 4.91. The molecule has 19 heavy (non-hydrogen) atoms. The summed E-state index contributed by atoms with van der Waals surface area (Å²) in [5.74, 6) is -1.32. The van der Waals surface area contributed by atoms with Gasteiger partial charge in [0, 0.05) is 12.0 Å². The molecule has 0 amide bonds. The zero-order valence-electron chi connectivity index (χ0n) is 11.5. The molecule has 0 aliphatic heterocycles. The van der Waals surface area contributed by atoms with Gasteiger partial charge in [0.1, 0.15) is 0 Å². The number of phenols is 3. The molecule has 0 aromatic heterocycles. The second kappa shape index (κ2) is 7.02. The van der Waals surface area contributed by atoms with E-state index in [4.69, 9.17) is 0 Å². The zero-order chi connectivity index (χ0) is 14.4. The van der Waals surface area contributed by atoms with Crippen LogP contribution in [0.25, 0.3) is 0 Å². The minimum absolute atomic E-state index is 0.117. The number of ketones is 1. The number of rotatable bonds is 7. The van der Waals surface area contributed by atoms with Crippen molar-refractivity contribution in [2.75, 3.05) is 0 Å². The molecule has 0 aliphatic carbocycles. The first kappa shape index (κ1) is 15.3.